The Hall–Kier alpha value is -3.60. The predicted octanol–water partition coefficient (Wildman–Crippen LogP) is 0.452. The summed E-state index contributed by atoms with van der Waals surface area (Å²) < 4.78 is 5.06. The molecule has 0 spiro atoms. The number of benzene rings is 1. The SMILES string of the molecule is COc1ccc(-c2c(C#N)c(=O)[nH]c3[nH]c(=O)[nH]c(=O)c23)cc1. The van der Waals surface area contributed by atoms with Gasteiger partial charge in [0, 0.05) is 5.56 Å². The van der Waals surface area contributed by atoms with Gasteiger partial charge in [0.15, 0.2) is 0 Å². The lowest BCUT2D eigenvalue weighted by Gasteiger charge is -2.08. The van der Waals surface area contributed by atoms with E-state index in [0.29, 0.717) is 11.3 Å². The maximum absolute atomic E-state index is 12.2. The van der Waals surface area contributed by atoms with Gasteiger partial charge in [0.05, 0.1) is 12.5 Å². The van der Waals surface area contributed by atoms with Gasteiger partial charge in [0.25, 0.3) is 11.1 Å². The maximum Gasteiger partial charge on any atom is 0.327 e. The van der Waals surface area contributed by atoms with Crippen molar-refractivity contribution in [1.82, 2.24) is 15.0 Å². The number of rotatable bonds is 2. The molecule has 3 aromatic rings. The average molecular weight is 310 g/mol. The molecule has 0 radical (unpaired) electrons. The molecule has 0 aliphatic heterocycles. The van der Waals surface area contributed by atoms with E-state index >= 15 is 0 Å². The molecule has 2 heterocycles. The Kier molecular flexibility index (Phi) is 3.31. The Balaban J connectivity index is 2.51. The maximum atomic E-state index is 12.2. The lowest BCUT2D eigenvalue weighted by Crippen LogP contribution is -2.26. The number of aromatic amines is 3. The highest BCUT2D eigenvalue weighted by Gasteiger charge is 2.17. The van der Waals surface area contributed by atoms with E-state index < -0.39 is 16.8 Å². The van der Waals surface area contributed by atoms with Crippen molar-refractivity contribution < 1.29 is 4.74 Å². The van der Waals surface area contributed by atoms with Crippen molar-refractivity contribution in [2.75, 3.05) is 7.11 Å². The first-order valence-corrected chi connectivity index (χ1v) is 6.52. The third kappa shape index (κ3) is 2.30. The molecule has 8 nitrogen and oxygen atoms in total. The van der Waals surface area contributed by atoms with Crippen LogP contribution in [0, 0.1) is 11.3 Å². The summed E-state index contributed by atoms with van der Waals surface area (Å²) in [7, 11) is 1.51. The molecule has 0 saturated heterocycles. The summed E-state index contributed by atoms with van der Waals surface area (Å²) >= 11 is 0. The smallest absolute Gasteiger partial charge is 0.327 e. The number of nitrogens with one attached hydrogen (secondary N) is 3. The number of nitrogens with zero attached hydrogens (tertiary/aromatic N) is 1. The second kappa shape index (κ2) is 5.31. The van der Waals surface area contributed by atoms with E-state index in [0.717, 1.165) is 0 Å². The molecular weight excluding hydrogens is 300 g/mol. The van der Waals surface area contributed by atoms with Gasteiger partial charge in [-0.1, -0.05) is 12.1 Å². The summed E-state index contributed by atoms with van der Waals surface area (Å²) in [6.45, 7) is 0. The third-order valence-corrected chi connectivity index (χ3v) is 3.40. The Morgan fingerprint density at radius 3 is 2.30 bits per heavy atom. The summed E-state index contributed by atoms with van der Waals surface area (Å²) in [5, 5.41) is 9.32. The van der Waals surface area contributed by atoms with Crippen molar-refractivity contribution in [3.63, 3.8) is 0 Å². The highest BCUT2D eigenvalue weighted by atomic mass is 16.5. The first-order chi connectivity index (χ1) is 11.0. The Morgan fingerprint density at radius 1 is 1.00 bits per heavy atom. The van der Waals surface area contributed by atoms with E-state index in [4.69, 9.17) is 4.74 Å². The summed E-state index contributed by atoms with van der Waals surface area (Å²) in [5.41, 5.74) is -1.73. The monoisotopic (exact) mass is 310 g/mol. The van der Waals surface area contributed by atoms with Crippen molar-refractivity contribution in [1.29, 1.82) is 5.26 Å². The molecule has 3 rings (SSSR count). The fourth-order valence-corrected chi connectivity index (χ4v) is 2.39. The number of nitriles is 1. The summed E-state index contributed by atoms with van der Waals surface area (Å²) in [4.78, 5) is 42.4. The van der Waals surface area contributed by atoms with Gasteiger partial charge in [-0.05, 0) is 17.7 Å². The lowest BCUT2D eigenvalue weighted by molar-refractivity contribution is 0.415. The number of H-pyrrole nitrogens is 3. The fourth-order valence-electron chi connectivity index (χ4n) is 2.39. The van der Waals surface area contributed by atoms with Crippen molar-refractivity contribution in [3.8, 4) is 22.9 Å². The quantitative estimate of drug-likeness (QED) is 0.632. The van der Waals surface area contributed by atoms with Gasteiger partial charge in [0.1, 0.15) is 23.0 Å². The number of pyridine rings is 1. The van der Waals surface area contributed by atoms with Crippen LogP contribution in [0.1, 0.15) is 5.56 Å². The number of ether oxygens (including phenoxy) is 1. The van der Waals surface area contributed by atoms with E-state index in [1.807, 2.05) is 0 Å². The van der Waals surface area contributed by atoms with Gasteiger partial charge in [-0.15, -0.1) is 0 Å². The van der Waals surface area contributed by atoms with Crippen LogP contribution in [0.3, 0.4) is 0 Å². The zero-order valence-corrected chi connectivity index (χ0v) is 11.9. The van der Waals surface area contributed by atoms with Gasteiger partial charge in [-0.2, -0.15) is 5.26 Å². The molecule has 2 aromatic heterocycles. The van der Waals surface area contributed by atoms with Crippen LogP contribution in [0.4, 0.5) is 0 Å². The Labute approximate surface area is 128 Å². The van der Waals surface area contributed by atoms with Crippen LogP contribution in [0.5, 0.6) is 5.75 Å². The molecule has 23 heavy (non-hydrogen) atoms. The zero-order chi connectivity index (χ0) is 16.6. The van der Waals surface area contributed by atoms with Crippen molar-refractivity contribution >= 4 is 11.0 Å². The molecule has 1 aromatic carbocycles. The fraction of sp³-hybridized carbons (Fsp3) is 0.0667. The highest BCUT2D eigenvalue weighted by molar-refractivity contribution is 5.94. The third-order valence-electron chi connectivity index (χ3n) is 3.40. The second-order valence-corrected chi connectivity index (χ2v) is 4.70. The lowest BCUT2D eigenvalue weighted by atomic mass is 9.98. The van der Waals surface area contributed by atoms with Crippen LogP contribution in [0.15, 0.2) is 38.6 Å². The van der Waals surface area contributed by atoms with Crippen LogP contribution in [0.25, 0.3) is 22.2 Å². The van der Waals surface area contributed by atoms with E-state index in [1.165, 1.54) is 7.11 Å². The Morgan fingerprint density at radius 2 is 1.70 bits per heavy atom. The van der Waals surface area contributed by atoms with Gasteiger partial charge in [-0.25, -0.2) is 4.79 Å². The normalized spacial score (nSPS) is 10.4. The first kappa shape index (κ1) is 14.3. The van der Waals surface area contributed by atoms with E-state index in [9.17, 15) is 19.6 Å². The van der Waals surface area contributed by atoms with E-state index in [1.54, 1.807) is 30.3 Å². The van der Waals surface area contributed by atoms with E-state index in [-0.39, 0.29) is 22.2 Å². The summed E-state index contributed by atoms with van der Waals surface area (Å²) in [6, 6.07) is 8.34. The minimum atomic E-state index is -0.747. The van der Waals surface area contributed by atoms with Gasteiger partial charge < -0.3 is 9.72 Å². The van der Waals surface area contributed by atoms with Gasteiger partial charge >= 0.3 is 5.69 Å². The molecule has 0 atom stereocenters. The molecule has 0 aliphatic carbocycles. The van der Waals surface area contributed by atoms with Crippen LogP contribution >= 0.6 is 0 Å². The van der Waals surface area contributed by atoms with Crippen molar-refractivity contribution in [2.45, 2.75) is 0 Å². The number of aromatic nitrogens is 3. The Bertz CT molecular complexity index is 1110. The molecule has 0 bridgehead atoms. The molecule has 3 N–H and O–H groups in total. The van der Waals surface area contributed by atoms with Gasteiger partial charge in [0.2, 0.25) is 0 Å². The molecule has 0 saturated carbocycles. The van der Waals surface area contributed by atoms with Crippen LogP contribution < -0.4 is 21.5 Å². The molecule has 0 fully saturated rings. The highest BCUT2D eigenvalue weighted by Crippen LogP contribution is 2.27. The van der Waals surface area contributed by atoms with Gasteiger partial charge in [-0.3, -0.25) is 19.6 Å². The topological polar surface area (TPSA) is 132 Å². The molecule has 0 unspecified atom stereocenters. The standard InChI is InChI=1S/C15H10N4O4/c1-23-8-4-2-7(3-5-8)10-9(6-16)13(20)17-12-11(10)14(21)19-15(22)18-12/h2-5H,1H3,(H3,17,18,19,20,21,22). The van der Waals surface area contributed by atoms with Crippen LogP contribution in [-0.4, -0.2) is 22.1 Å². The summed E-state index contributed by atoms with van der Waals surface area (Å²) in [5.74, 6) is 0.587. The molecule has 8 heteroatoms. The minimum Gasteiger partial charge on any atom is -0.497 e. The van der Waals surface area contributed by atoms with Crippen molar-refractivity contribution in [2.24, 2.45) is 0 Å². The molecule has 0 aliphatic rings. The van der Waals surface area contributed by atoms with Crippen LogP contribution in [-0.2, 0) is 0 Å². The molecule has 0 amide bonds. The number of fused-ring (bicyclic) bond motifs is 1. The molecular formula is C15H10N4O4. The average Bonchev–Trinajstić information content (AvgIpc) is 2.53. The predicted molar refractivity (Wildman–Crippen MR) is 82.5 cm³/mol. The van der Waals surface area contributed by atoms with Crippen LogP contribution in [0.2, 0.25) is 0 Å². The first-order valence-electron chi connectivity index (χ1n) is 6.52. The number of hydrogen-bond donors (Lipinski definition) is 3. The largest absolute Gasteiger partial charge is 0.497 e. The second-order valence-electron chi connectivity index (χ2n) is 4.70. The van der Waals surface area contributed by atoms with E-state index in [2.05, 4.69) is 15.0 Å². The number of methoxy groups -OCH3 is 1. The number of hydrogen-bond acceptors (Lipinski definition) is 5. The molecule has 114 valence electrons. The summed E-state index contributed by atoms with van der Waals surface area (Å²) in [6.07, 6.45) is 0. The zero-order valence-electron chi connectivity index (χ0n) is 11.9. The minimum absolute atomic E-state index is 0.0333. The van der Waals surface area contributed by atoms with Crippen molar-refractivity contribution in [3.05, 3.63) is 61.0 Å².